The summed E-state index contributed by atoms with van der Waals surface area (Å²) in [6.45, 7) is 0. The molecule has 0 aliphatic rings. The van der Waals surface area contributed by atoms with Crippen LogP contribution < -0.4 is 0 Å². The average Bonchev–Trinajstić information content (AvgIpc) is 1.66. The van der Waals surface area contributed by atoms with Gasteiger partial charge in [0.25, 0.3) is 0 Å². The molecule has 0 atom stereocenters. The second kappa shape index (κ2) is 21.8. The smallest absolute Gasteiger partial charge is 0.309 e. The van der Waals surface area contributed by atoms with E-state index in [1.165, 1.54) is 12.1 Å². The highest BCUT2D eigenvalue weighted by Gasteiger charge is 2.38. The number of nitrogens with zero attached hydrogens (tertiary/aromatic N) is 9. The summed E-state index contributed by atoms with van der Waals surface area (Å²) in [4.78, 5) is 29.9. The van der Waals surface area contributed by atoms with E-state index in [0.29, 0.717) is 103 Å². The first-order valence-electron chi connectivity index (χ1n) is 28.6. The maximum absolute atomic E-state index is 15.2. The lowest BCUT2D eigenvalue weighted by atomic mass is 9.92. The molecule has 15 aromatic rings. The average molecular weight is 1180 g/mol. The second-order valence-electron chi connectivity index (χ2n) is 21.6. The van der Waals surface area contributed by atoms with Gasteiger partial charge in [-0.25, -0.2) is 29.9 Å². The zero-order valence-electron chi connectivity index (χ0n) is 47.1. The van der Waals surface area contributed by atoms with Crippen LogP contribution in [0.2, 0.25) is 0 Å². The number of hydrogen-bond donors (Lipinski definition) is 0. The zero-order valence-corrected chi connectivity index (χ0v) is 47.1. The Morgan fingerprint density at radius 2 is 0.656 bits per heavy atom. The van der Waals surface area contributed by atoms with Crippen molar-refractivity contribution in [3.63, 3.8) is 0 Å². The van der Waals surface area contributed by atoms with Crippen LogP contribution in [0, 0.1) is 11.3 Å². The summed E-state index contributed by atoms with van der Waals surface area (Å²) in [6.07, 6.45) is -10.00. The lowest BCUT2D eigenvalue weighted by molar-refractivity contribution is -0.141. The first-order valence-corrected chi connectivity index (χ1v) is 28.6. The van der Waals surface area contributed by atoms with Gasteiger partial charge < -0.3 is 9.13 Å². The highest BCUT2D eigenvalue weighted by Crippen LogP contribution is 2.47. The zero-order chi connectivity index (χ0) is 61.3. The summed E-state index contributed by atoms with van der Waals surface area (Å²) < 4.78 is 93.5. The standard InChI is InChI=1S/C75H43F6N9/c76-74(77,78)53-33-36-61(75(79,80)81)58(43-53)50-30-35-57(67(42-50)90-63-28-16-14-26-55(63)60-41-52(32-38-65(60)90)73-87-70(48-21-9-3-10-22-48)84-71(88-73)49-23-11-4-12-24-49)56-34-29-45(44-82)39-66(56)89-62-27-15-13-25-54(62)59-40-51(31-37-64(59)89)72-85-68(46-17-5-1-6-18-46)83-69(86-72)47-19-7-2-8-20-47/h1-43H. The largest absolute Gasteiger partial charge is 0.417 e. The Morgan fingerprint density at radius 3 is 1.07 bits per heavy atom. The third-order valence-corrected chi connectivity index (χ3v) is 16.1. The van der Waals surface area contributed by atoms with E-state index >= 15 is 13.2 Å². The molecule has 0 bridgehead atoms. The molecule has 0 radical (unpaired) electrons. The van der Waals surface area contributed by atoms with Crippen LogP contribution in [0.4, 0.5) is 26.3 Å². The van der Waals surface area contributed by atoms with Gasteiger partial charge in [0.2, 0.25) is 0 Å². The number of rotatable bonds is 10. The van der Waals surface area contributed by atoms with Gasteiger partial charge in [-0.1, -0.05) is 176 Å². The number of para-hydroxylation sites is 2. The van der Waals surface area contributed by atoms with Crippen LogP contribution in [-0.4, -0.2) is 39.0 Å². The monoisotopic (exact) mass is 1180 g/mol. The van der Waals surface area contributed by atoms with Crippen LogP contribution in [0.3, 0.4) is 0 Å². The molecule has 0 spiro atoms. The van der Waals surface area contributed by atoms with Crippen molar-refractivity contribution in [1.82, 2.24) is 39.0 Å². The van der Waals surface area contributed by atoms with Gasteiger partial charge in [0, 0.05) is 66.1 Å². The van der Waals surface area contributed by atoms with Crippen LogP contribution in [0.5, 0.6) is 0 Å². The van der Waals surface area contributed by atoms with Crippen molar-refractivity contribution in [2.45, 2.75) is 12.4 Å². The van der Waals surface area contributed by atoms with E-state index in [1.807, 2.05) is 211 Å². The highest BCUT2D eigenvalue weighted by atomic mass is 19.4. The van der Waals surface area contributed by atoms with Gasteiger partial charge in [-0.2, -0.15) is 31.6 Å². The molecule has 90 heavy (non-hydrogen) atoms. The second-order valence-corrected chi connectivity index (χ2v) is 21.6. The lowest BCUT2D eigenvalue weighted by Crippen LogP contribution is -2.11. The molecular weight excluding hydrogens is 1140 g/mol. The van der Waals surface area contributed by atoms with Crippen molar-refractivity contribution in [3.05, 3.63) is 278 Å². The Kier molecular flexibility index (Phi) is 13.3. The van der Waals surface area contributed by atoms with Crippen molar-refractivity contribution in [3.8, 4) is 108 Å². The third-order valence-electron chi connectivity index (χ3n) is 16.1. The summed E-state index contributed by atoms with van der Waals surface area (Å²) in [5.74, 6) is 2.72. The first-order chi connectivity index (χ1) is 43.8. The molecule has 15 heteroatoms. The number of fused-ring (bicyclic) bond motifs is 6. The predicted octanol–water partition coefficient (Wildman–Crippen LogP) is 19.5. The Hall–Kier alpha value is -11.9. The maximum atomic E-state index is 15.2. The molecule has 0 saturated heterocycles. The molecular formula is C75H43F6N9. The van der Waals surface area contributed by atoms with E-state index in [-0.39, 0.29) is 5.56 Å². The molecule has 15 rings (SSSR count). The van der Waals surface area contributed by atoms with Crippen molar-refractivity contribution < 1.29 is 26.3 Å². The van der Waals surface area contributed by atoms with Crippen LogP contribution in [0.25, 0.3) is 146 Å². The fraction of sp³-hybridized carbons (Fsp3) is 0.0267. The molecule has 0 N–H and O–H groups in total. The van der Waals surface area contributed by atoms with Crippen molar-refractivity contribution in [2.24, 2.45) is 0 Å². The van der Waals surface area contributed by atoms with Gasteiger partial charge in [0.1, 0.15) is 0 Å². The van der Waals surface area contributed by atoms with Gasteiger partial charge in [-0.3, -0.25) is 0 Å². The van der Waals surface area contributed by atoms with E-state index in [4.69, 9.17) is 29.9 Å². The summed E-state index contributed by atoms with van der Waals surface area (Å²) >= 11 is 0. The Labute approximate surface area is 509 Å². The number of aromatic nitrogens is 8. The van der Waals surface area contributed by atoms with Gasteiger partial charge in [0.05, 0.1) is 56.2 Å². The molecule has 0 fully saturated rings. The van der Waals surface area contributed by atoms with Crippen LogP contribution in [0.15, 0.2) is 261 Å². The van der Waals surface area contributed by atoms with Crippen LogP contribution >= 0.6 is 0 Å². The number of hydrogen-bond acceptors (Lipinski definition) is 7. The molecule has 0 aliphatic carbocycles. The van der Waals surface area contributed by atoms with Gasteiger partial charge in [-0.15, -0.1) is 0 Å². The van der Waals surface area contributed by atoms with E-state index in [2.05, 4.69) is 10.6 Å². The van der Waals surface area contributed by atoms with Crippen molar-refractivity contribution in [1.29, 1.82) is 5.26 Å². The van der Waals surface area contributed by atoms with Gasteiger partial charge >= 0.3 is 12.4 Å². The first kappa shape index (κ1) is 54.7. The Bertz CT molecular complexity index is 5230. The fourth-order valence-electron chi connectivity index (χ4n) is 12.0. The topological polar surface area (TPSA) is 111 Å². The minimum atomic E-state index is -5.04. The molecule has 430 valence electrons. The molecule has 0 aliphatic heterocycles. The minimum absolute atomic E-state index is 0.120. The molecule has 4 heterocycles. The molecule has 11 aromatic carbocycles. The molecule has 0 saturated carbocycles. The van der Waals surface area contributed by atoms with Crippen molar-refractivity contribution >= 4 is 43.6 Å². The highest BCUT2D eigenvalue weighted by molar-refractivity contribution is 6.13. The van der Waals surface area contributed by atoms with Gasteiger partial charge in [-0.05, 0) is 96.1 Å². The number of nitriles is 1. The number of alkyl halides is 6. The Balaban J connectivity index is 0.969. The molecule has 0 amide bonds. The normalized spacial score (nSPS) is 11.9. The van der Waals surface area contributed by atoms with E-state index < -0.39 is 29.0 Å². The van der Waals surface area contributed by atoms with E-state index in [0.717, 1.165) is 54.8 Å². The van der Waals surface area contributed by atoms with Gasteiger partial charge in [0.15, 0.2) is 34.9 Å². The maximum Gasteiger partial charge on any atom is 0.417 e. The van der Waals surface area contributed by atoms with E-state index in [1.54, 1.807) is 24.3 Å². The number of benzene rings is 11. The van der Waals surface area contributed by atoms with E-state index in [9.17, 15) is 18.4 Å². The number of halogens is 6. The lowest BCUT2D eigenvalue weighted by Gasteiger charge is -2.21. The minimum Gasteiger partial charge on any atom is -0.309 e. The third kappa shape index (κ3) is 9.82. The molecule has 0 unspecified atom stereocenters. The summed E-state index contributed by atoms with van der Waals surface area (Å²) in [5.41, 5.74) is 6.24. The summed E-state index contributed by atoms with van der Waals surface area (Å²) in [5, 5.41) is 13.8. The van der Waals surface area contributed by atoms with Crippen molar-refractivity contribution in [2.75, 3.05) is 0 Å². The molecule has 4 aromatic heterocycles. The summed E-state index contributed by atoms with van der Waals surface area (Å²) in [7, 11) is 0. The SMILES string of the molecule is N#Cc1ccc(-c2ccc(-c3cc(C(F)(F)F)ccc3C(F)(F)F)cc2-n2c3ccccc3c3cc(-c4nc(-c5ccccc5)nc(-c5ccccc5)n4)ccc32)c(-n2c3ccccc3c3cc(-c4nc(-c5ccccc5)nc(-c5ccccc5)n4)ccc32)c1. The molecule has 9 nitrogen and oxygen atoms in total. The van der Waals surface area contributed by atoms with Crippen LogP contribution in [0.1, 0.15) is 16.7 Å². The fourth-order valence-corrected chi connectivity index (χ4v) is 12.0. The summed E-state index contributed by atoms with van der Waals surface area (Å²) in [6, 6.07) is 79.2. The predicted molar refractivity (Wildman–Crippen MR) is 340 cm³/mol. The quantitative estimate of drug-likeness (QED) is 0.125. The van der Waals surface area contributed by atoms with Crippen LogP contribution in [-0.2, 0) is 12.4 Å². The Morgan fingerprint density at radius 1 is 0.289 bits per heavy atom.